The molecular weight excluding hydrogens is 355 g/mol. The van der Waals surface area contributed by atoms with Crippen molar-refractivity contribution in [3.8, 4) is 0 Å². The molecule has 0 radical (unpaired) electrons. The molecular formula is C16H20F3N3O4. The molecule has 0 aliphatic rings. The normalized spacial score (nSPS) is 12.2. The number of anilines is 1. The highest BCUT2D eigenvalue weighted by atomic mass is 19.4. The summed E-state index contributed by atoms with van der Waals surface area (Å²) in [7, 11) is 1.65. The van der Waals surface area contributed by atoms with Crippen LogP contribution >= 0.6 is 0 Å². The number of nitrogens with two attached hydrogens (primary N) is 1. The third-order valence-electron chi connectivity index (χ3n) is 3.30. The molecule has 5 N–H and O–H groups in total. The molecule has 1 aromatic carbocycles. The molecule has 0 saturated heterocycles. The fraction of sp³-hybridized carbons (Fsp3) is 0.375. The standard InChI is InChI=1S/C14H19N3O2.C2HF3O2/c1-19-9-10(7-15)8-16-14-6-13(18)11-4-2-3-5-12(11)17-14;3-2(4,5)1(6)7/h2-6,10H,7-9,15H2,1H3,(H2,16,17,18);(H,6,7). The lowest BCUT2D eigenvalue weighted by Crippen LogP contribution is -2.27. The van der Waals surface area contributed by atoms with E-state index in [1.807, 2.05) is 24.3 Å². The minimum atomic E-state index is -5.08. The highest BCUT2D eigenvalue weighted by Crippen LogP contribution is 2.13. The quantitative estimate of drug-likeness (QED) is 0.612. The summed E-state index contributed by atoms with van der Waals surface area (Å²) in [6.45, 7) is 1.80. The van der Waals surface area contributed by atoms with E-state index in [1.54, 1.807) is 13.2 Å². The zero-order valence-electron chi connectivity index (χ0n) is 14.0. The van der Waals surface area contributed by atoms with Crippen LogP contribution in [0.1, 0.15) is 0 Å². The third kappa shape index (κ3) is 6.73. The van der Waals surface area contributed by atoms with Crippen LogP contribution in [0.3, 0.4) is 0 Å². The number of hydrogen-bond donors (Lipinski definition) is 4. The number of ether oxygens (including phenoxy) is 1. The zero-order chi connectivity index (χ0) is 19.7. The Balaban J connectivity index is 0.000000412. The van der Waals surface area contributed by atoms with Crippen LogP contribution in [0.15, 0.2) is 35.1 Å². The number of benzene rings is 1. The molecule has 1 heterocycles. The lowest BCUT2D eigenvalue weighted by Gasteiger charge is -2.15. The molecule has 0 fully saturated rings. The van der Waals surface area contributed by atoms with Crippen LogP contribution < -0.4 is 16.5 Å². The van der Waals surface area contributed by atoms with Gasteiger partial charge < -0.3 is 25.9 Å². The SMILES string of the molecule is COCC(CN)CNc1cc(=O)c2ccccc2[nH]1.O=C(O)C(F)(F)F. The van der Waals surface area contributed by atoms with E-state index in [9.17, 15) is 18.0 Å². The van der Waals surface area contributed by atoms with Gasteiger partial charge in [-0.3, -0.25) is 4.79 Å². The summed E-state index contributed by atoms with van der Waals surface area (Å²) in [5.74, 6) is -1.83. The molecule has 2 aromatic rings. The first-order valence-corrected chi connectivity index (χ1v) is 7.54. The largest absolute Gasteiger partial charge is 0.490 e. The summed E-state index contributed by atoms with van der Waals surface area (Å²) < 4.78 is 36.8. The Bertz CT molecular complexity index is 777. The maximum absolute atomic E-state index is 11.9. The molecule has 1 atom stereocenters. The van der Waals surface area contributed by atoms with E-state index in [4.69, 9.17) is 20.4 Å². The van der Waals surface area contributed by atoms with Gasteiger partial charge in [0, 0.05) is 31.0 Å². The fourth-order valence-electron chi connectivity index (χ4n) is 1.99. The predicted molar refractivity (Wildman–Crippen MR) is 91.2 cm³/mol. The summed E-state index contributed by atoms with van der Waals surface area (Å²) in [6.07, 6.45) is -5.08. The zero-order valence-corrected chi connectivity index (χ0v) is 14.0. The molecule has 1 aromatic heterocycles. The number of rotatable bonds is 6. The number of carboxylic acid groups (broad SMARTS) is 1. The average Bonchev–Trinajstić information content (AvgIpc) is 2.58. The van der Waals surface area contributed by atoms with E-state index < -0.39 is 12.1 Å². The van der Waals surface area contributed by atoms with Crippen molar-refractivity contribution in [1.82, 2.24) is 4.98 Å². The number of halogens is 3. The molecule has 0 aliphatic carbocycles. The number of pyridine rings is 1. The number of carboxylic acids is 1. The van der Waals surface area contributed by atoms with Gasteiger partial charge in [0.25, 0.3) is 0 Å². The van der Waals surface area contributed by atoms with Crippen molar-refractivity contribution in [1.29, 1.82) is 0 Å². The highest BCUT2D eigenvalue weighted by Gasteiger charge is 2.38. The van der Waals surface area contributed by atoms with Crippen molar-refractivity contribution in [3.63, 3.8) is 0 Å². The number of para-hydroxylation sites is 1. The van der Waals surface area contributed by atoms with E-state index in [0.29, 0.717) is 30.9 Å². The lowest BCUT2D eigenvalue weighted by atomic mass is 10.1. The molecule has 2 rings (SSSR count). The first-order valence-electron chi connectivity index (χ1n) is 7.54. The van der Waals surface area contributed by atoms with Crippen LogP contribution in [0.25, 0.3) is 10.9 Å². The Morgan fingerprint density at radius 1 is 1.38 bits per heavy atom. The van der Waals surface area contributed by atoms with E-state index in [0.717, 1.165) is 5.52 Å². The van der Waals surface area contributed by atoms with E-state index >= 15 is 0 Å². The van der Waals surface area contributed by atoms with Crippen LogP contribution in [-0.4, -0.2) is 49.0 Å². The van der Waals surface area contributed by atoms with Crippen molar-refractivity contribution >= 4 is 22.7 Å². The maximum Gasteiger partial charge on any atom is 0.490 e. The van der Waals surface area contributed by atoms with Gasteiger partial charge in [0.15, 0.2) is 5.43 Å². The van der Waals surface area contributed by atoms with Gasteiger partial charge in [-0.2, -0.15) is 13.2 Å². The predicted octanol–water partition coefficient (Wildman–Crippen LogP) is 1.79. The number of fused-ring (bicyclic) bond motifs is 1. The minimum Gasteiger partial charge on any atom is -0.475 e. The number of nitrogens with one attached hydrogen (secondary N) is 2. The van der Waals surface area contributed by atoms with Gasteiger partial charge in [-0.1, -0.05) is 12.1 Å². The average molecular weight is 375 g/mol. The molecule has 0 aliphatic heterocycles. The van der Waals surface area contributed by atoms with Crippen LogP contribution in [-0.2, 0) is 9.53 Å². The summed E-state index contributed by atoms with van der Waals surface area (Å²) in [5.41, 5.74) is 6.49. The van der Waals surface area contributed by atoms with Gasteiger partial charge in [-0.15, -0.1) is 0 Å². The van der Waals surface area contributed by atoms with Crippen molar-refractivity contribution < 1.29 is 27.8 Å². The first kappa shape index (κ1) is 21.5. The second-order valence-electron chi connectivity index (χ2n) is 5.33. The topological polar surface area (TPSA) is 117 Å². The van der Waals surface area contributed by atoms with Crippen LogP contribution in [0.5, 0.6) is 0 Å². The Hall–Kier alpha value is -2.59. The summed E-state index contributed by atoms with van der Waals surface area (Å²) in [4.78, 5) is 24.0. The number of aromatic amines is 1. The second kappa shape index (κ2) is 9.78. The summed E-state index contributed by atoms with van der Waals surface area (Å²) in [5, 5.41) is 11.0. The van der Waals surface area contributed by atoms with Gasteiger partial charge in [-0.25, -0.2) is 4.79 Å². The third-order valence-corrected chi connectivity index (χ3v) is 3.30. The van der Waals surface area contributed by atoms with Gasteiger partial charge in [0.2, 0.25) is 0 Å². The number of aliphatic carboxylic acids is 1. The van der Waals surface area contributed by atoms with Crippen molar-refractivity contribution in [3.05, 3.63) is 40.6 Å². The minimum absolute atomic E-state index is 0.00731. The molecule has 0 amide bonds. The molecule has 26 heavy (non-hydrogen) atoms. The van der Waals surface area contributed by atoms with Gasteiger partial charge in [0.05, 0.1) is 12.1 Å². The van der Waals surface area contributed by atoms with E-state index in [2.05, 4.69) is 10.3 Å². The van der Waals surface area contributed by atoms with Crippen molar-refractivity contribution in [2.24, 2.45) is 11.7 Å². The van der Waals surface area contributed by atoms with Crippen LogP contribution in [0.2, 0.25) is 0 Å². The number of carbonyl (C=O) groups is 1. The van der Waals surface area contributed by atoms with Crippen LogP contribution in [0, 0.1) is 5.92 Å². The highest BCUT2D eigenvalue weighted by molar-refractivity contribution is 5.79. The lowest BCUT2D eigenvalue weighted by molar-refractivity contribution is -0.192. The monoisotopic (exact) mass is 375 g/mol. The van der Waals surface area contributed by atoms with E-state index in [1.165, 1.54) is 0 Å². The summed E-state index contributed by atoms with van der Waals surface area (Å²) >= 11 is 0. The second-order valence-corrected chi connectivity index (χ2v) is 5.33. The molecule has 0 saturated carbocycles. The number of H-pyrrole nitrogens is 1. The molecule has 7 nitrogen and oxygen atoms in total. The fourth-order valence-corrected chi connectivity index (χ4v) is 1.99. The van der Waals surface area contributed by atoms with Crippen molar-refractivity contribution in [2.75, 3.05) is 32.1 Å². The molecule has 0 bridgehead atoms. The Kier molecular flexibility index (Phi) is 8.07. The van der Waals surface area contributed by atoms with Gasteiger partial charge in [0.1, 0.15) is 5.82 Å². The number of aromatic nitrogens is 1. The van der Waals surface area contributed by atoms with Crippen LogP contribution in [0.4, 0.5) is 19.0 Å². The summed E-state index contributed by atoms with van der Waals surface area (Å²) in [6, 6.07) is 9.02. The molecule has 1 unspecified atom stereocenters. The molecule has 10 heteroatoms. The van der Waals surface area contributed by atoms with Gasteiger partial charge >= 0.3 is 12.1 Å². The molecule has 0 spiro atoms. The molecule has 144 valence electrons. The number of alkyl halides is 3. The first-order chi connectivity index (χ1) is 12.2. The van der Waals surface area contributed by atoms with Gasteiger partial charge in [-0.05, 0) is 18.7 Å². The smallest absolute Gasteiger partial charge is 0.475 e. The number of hydrogen-bond acceptors (Lipinski definition) is 5. The Morgan fingerprint density at radius 2 is 2.00 bits per heavy atom. The van der Waals surface area contributed by atoms with Crippen molar-refractivity contribution in [2.45, 2.75) is 6.18 Å². The van der Waals surface area contributed by atoms with E-state index in [-0.39, 0.29) is 11.3 Å². The number of methoxy groups -OCH3 is 1. The Morgan fingerprint density at radius 3 is 2.54 bits per heavy atom. The maximum atomic E-state index is 11.9. The Labute approximate surface area is 147 Å².